The number of benzene rings is 1. The quantitative estimate of drug-likeness (QED) is 0.599. The van der Waals surface area contributed by atoms with Gasteiger partial charge >= 0.3 is 21.3 Å². The molecule has 3 rings (SSSR count). The van der Waals surface area contributed by atoms with Crippen molar-refractivity contribution in [2.24, 2.45) is 0 Å². The Kier molecular flexibility index (Phi) is 3.98. The fourth-order valence-electron chi connectivity index (χ4n) is 2.51. The average molecular weight is 376 g/mol. The molecule has 1 aromatic heterocycles. The predicted molar refractivity (Wildman–Crippen MR) is 79.8 cm³/mol. The molecule has 0 spiro atoms. The Balaban J connectivity index is 2.04. The molecule has 0 atom stereocenters. The zero-order valence-corrected chi connectivity index (χ0v) is 13.5. The van der Waals surface area contributed by atoms with Gasteiger partial charge in [0, 0.05) is 18.2 Å². The van der Waals surface area contributed by atoms with Crippen molar-refractivity contribution in [1.29, 1.82) is 0 Å². The summed E-state index contributed by atoms with van der Waals surface area (Å²) in [6.45, 7) is 0.244. The summed E-state index contributed by atoms with van der Waals surface area (Å²) in [4.78, 5) is 15.7. The third kappa shape index (κ3) is 3.06. The Hall–Kier alpha value is -2.56. The van der Waals surface area contributed by atoms with Crippen LogP contribution in [-0.4, -0.2) is 30.6 Å². The van der Waals surface area contributed by atoms with Crippen LogP contribution >= 0.6 is 0 Å². The van der Waals surface area contributed by atoms with Crippen molar-refractivity contribution in [3.63, 3.8) is 0 Å². The van der Waals surface area contributed by atoms with Gasteiger partial charge in [-0.05, 0) is 30.2 Å². The first-order valence-electron chi connectivity index (χ1n) is 6.92. The molecule has 0 bridgehead atoms. The molecule has 11 heteroatoms. The molecule has 0 amide bonds. The summed E-state index contributed by atoms with van der Waals surface area (Å²) < 4.78 is 69.9. The van der Waals surface area contributed by atoms with Gasteiger partial charge in [-0.15, -0.1) is 0 Å². The van der Waals surface area contributed by atoms with Crippen molar-refractivity contribution in [3.8, 4) is 22.9 Å². The number of ether oxygens (including phenoxy) is 1. The summed E-state index contributed by atoms with van der Waals surface area (Å²) in [5, 5.41) is 0. The number of hydrogen-bond donors (Lipinski definition) is 0. The van der Waals surface area contributed by atoms with Crippen LogP contribution < -0.4 is 14.6 Å². The first-order chi connectivity index (χ1) is 11.6. The van der Waals surface area contributed by atoms with E-state index in [0.717, 1.165) is 6.07 Å². The van der Waals surface area contributed by atoms with Crippen LogP contribution in [0.15, 0.2) is 29.1 Å². The van der Waals surface area contributed by atoms with Crippen molar-refractivity contribution < 1.29 is 30.5 Å². The molecule has 0 saturated heterocycles. The Morgan fingerprint density at radius 3 is 2.60 bits per heavy atom. The molecule has 0 radical (unpaired) electrons. The molecule has 134 valence electrons. The first-order valence-corrected chi connectivity index (χ1v) is 8.33. The highest BCUT2D eigenvalue weighted by Crippen LogP contribution is 2.34. The van der Waals surface area contributed by atoms with Gasteiger partial charge in [0.05, 0.1) is 12.8 Å². The second-order valence-electron chi connectivity index (χ2n) is 5.17. The molecule has 1 aromatic carbocycles. The number of fused-ring (bicyclic) bond motifs is 3. The third-order valence-corrected chi connectivity index (χ3v) is 4.62. The summed E-state index contributed by atoms with van der Waals surface area (Å²) in [7, 11) is -4.39. The Labute approximate surface area is 139 Å². The standard InChI is InChI=1S/C14H11F3N2O5S/c1-23-12-7-11-10-3-2-9(24-25(21,22)14(15,16)17)6-8(10)4-5-19(11)13(20)18-12/h2-3,6-7H,4-5H2,1H3. The monoisotopic (exact) mass is 376 g/mol. The van der Waals surface area contributed by atoms with Gasteiger partial charge in [0.1, 0.15) is 5.75 Å². The minimum absolute atomic E-state index is 0.101. The minimum atomic E-state index is -5.74. The number of aryl methyl sites for hydroxylation is 1. The smallest absolute Gasteiger partial charge is 0.481 e. The molecule has 1 aliphatic heterocycles. The van der Waals surface area contributed by atoms with Gasteiger partial charge in [0.2, 0.25) is 5.88 Å². The first kappa shape index (κ1) is 17.3. The van der Waals surface area contributed by atoms with Crippen LogP contribution in [0.1, 0.15) is 5.56 Å². The van der Waals surface area contributed by atoms with Crippen LogP contribution in [0.4, 0.5) is 13.2 Å². The van der Waals surface area contributed by atoms with E-state index in [0.29, 0.717) is 23.2 Å². The lowest BCUT2D eigenvalue weighted by Crippen LogP contribution is -2.29. The van der Waals surface area contributed by atoms with Crippen LogP contribution in [0.25, 0.3) is 11.3 Å². The van der Waals surface area contributed by atoms with Crippen molar-refractivity contribution in [2.45, 2.75) is 18.5 Å². The van der Waals surface area contributed by atoms with E-state index in [9.17, 15) is 26.4 Å². The molecule has 0 fully saturated rings. The van der Waals surface area contributed by atoms with E-state index in [-0.39, 0.29) is 12.4 Å². The number of alkyl halides is 3. The van der Waals surface area contributed by atoms with Crippen LogP contribution in [0.3, 0.4) is 0 Å². The van der Waals surface area contributed by atoms with E-state index >= 15 is 0 Å². The van der Waals surface area contributed by atoms with Gasteiger partial charge in [-0.25, -0.2) is 4.79 Å². The molecule has 0 saturated carbocycles. The SMILES string of the molecule is COc1cc2n(c(=O)n1)CCc1cc(OS(=O)(=O)C(F)(F)F)ccc1-2. The van der Waals surface area contributed by atoms with E-state index in [1.54, 1.807) is 0 Å². The van der Waals surface area contributed by atoms with Crippen LogP contribution in [0.2, 0.25) is 0 Å². The maximum absolute atomic E-state index is 12.4. The second kappa shape index (κ2) is 5.76. The predicted octanol–water partition coefficient (Wildman–Crippen LogP) is 1.70. The zero-order chi connectivity index (χ0) is 18.4. The maximum Gasteiger partial charge on any atom is 0.534 e. The van der Waals surface area contributed by atoms with E-state index < -0.39 is 27.1 Å². The van der Waals surface area contributed by atoms with Crippen LogP contribution in [-0.2, 0) is 23.1 Å². The van der Waals surface area contributed by atoms with Gasteiger partial charge in [0.25, 0.3) is 0 Å². The summed E-state index contributed by atoms with van der Waals surface area (Å²) in [5.41, 5.74) is -4.45. The summed E-state index contributed by atoms with van der Waals surface area (Å²) >= 11 is 0. The number of methoxy groups -OCH3 is 1. The molecular formula is C14H11F3N2O5S. The average Bonchev–Trinajstić information content (AvgIpc) is 2.52. The van der Waals surface area contributed by atoms with Crippen LogP contribution in [0, 0.1) is 0 Å². The summed E-state index contributed by atoms with van der Waals surface area (Å²) in [6, 6.07) is 5.21. The number of hydrogen-bond acceptors (Lipinski definition) is 6. The molecule has 1 aliphatic rings. The fraction of sp³-hybridized carbons (Fsp3) is 0.286. The van der Waals surface area contributed by atoms with Crippen molar-refractivity contribution in [2.75, 3.05) is 7.11 Å². The van der Waals surface area contributed by atoms with E-state index in [1.165, 1.54) is 29.9 Å². The largest absolute Gasteiger partial charge is 0.534 e. The number of aromatic nitrogens is 2. The highest BCUT2D eigenvalue weighted by molar-refractivity contribution is 7.88. The molecule has 0 unspecified atom stereocenters. The number of nitrogens with zero attached hydrogens (tertiary/aromatic N) is 2. The molecular weight excluding hydrogens is 365 g/mol. The molecule has 2 aromatic rings. The van der Waals surface area contributed by atoms with Gasteiger partial charge in [-0.3, -0.25) is 4.57 Å². The summed E-state index contributed by atoms with van der Waals surface area (Å²) in [6.07, 6.45) is 0.305. The van der Waals surface area contributed by atoms with E-state index in [4.69, 9.17) is 4.74 Å². The molecule has 7 nitrogen and oxygen atoms in total. The Morgan fingerprint density at radius 1 is 1.24 bits per heavy atom. The van der Waals surface area contributed by atoms with Gasteiger partial charge in [0.15, 0.2) is 0 Å². The van der Waals surface area contributed by atoms with Crippen molar-refractivity contribution in [3.05, 3.63) is 40.3 Å². The maximum atomic E-state index is 12.4. The highest BCUT2D eigenvalue weighted by atomic mass is 32.2. The third-order valence-electron chi connectivity index (χ3n) is 3.64. The van der Waals surface area contributed by atoms with Gasteiger partial charge in [-0.2, -0.15) is 26.6 Å². The van der Waals surface area contributed by atoms with Gasteiger partial charge in [-0.1, -0.05) is 0 Å². The number of rotatable bonds is 3. The Morgan fingerprint density at radius 2 is 1.96 bits per heavy atom. The Bertz CT molecular complexity index is 999. The van der Waals surface area contributed by atoms with Crippen molar-refractivity contribution in [1.82, 2.24) is 9.55 Å². The minimum Gasteiger partial charge on any atom is -0.481 e. The van der Waals surface area contributed by atoms with E-state index in [2.05, 4.69) is 9.17 Å². The van der Waals surface area contributed by atoms with Gasteiger partial charge < -0.3 is 8.92 Å². The van der Waals surface area contributed by atoms with Crippen LogP contribution in [0.5, 0.6) is 11.6 Å². The second-order valence-corrected chi connectivity index (χ2v) is 6.71. The molecule has 0 N–H and O–H groups in total. The molecule has 25 heavy (non-hydrogen) atoms. The van der Waals surface area contributed by atoms with E-state index in [1.807, 2.05) is 0 Å². The number of halogens is 3. The normalized spacial score (nSPS) is 13.8. The fourth-order valence-corrected chi connectivity index (χ4v) is 2.96. The zero-order valence-electron chi connectivity index (χ0n) is 12.7. The summed E-state index contributed by atoms with van der Waals surface area (Å²) in [5.74, 6) is -0.350. The lowest BCUT2D eigenvalue weighted by molar-refractivity contribution is -0.0500. The van der Waals surface area contributed by atoms with Crippen molar-refractivity contribution >= 4 is 10.1 Å². The molecule has 0 aliphatic carbocycles. The topological polar surface area (TPSA) is 87.5 Å². The molecule has 2 heterocycles. The highest BCUT2D eigenvalue weighted by Gasteiger charge is 2.48. The lowest BCUT2D eigenvalue weighted by atomic mass is 9.97. The lowest BCUT2D eigenvalue weighted by Gasteiger charge is -2.22.